The number of hydrogen-bond donors (Lipinski definition) is 0. The molecule has 1 amide bonds. The Bertz CT molecular complexity index is 450. The highest BCUT2D eigenvalue weighted by Crippen LogP contribution is 2.35. The van der Waals surface area contributed by atoms with Crippen LogP contribution in [0.4, 0.5) is 0 Å². The number of carbonyl (C=O) groups excluding carboxylic acids is 1. The zero-order valence-corrected chi connectivity index (χ0v) is 11.3. The largest absolute Gasteiger partial charge is 0.380 e. The third-order valence-corrected chi connectivity index (χ3v) is 4.25. The monoisotopic (exact) mass is 259 g/mol. The van der Waals surface area contributed by atoms with Gasteiger partial charge in [0.15, 0.2) is 0 Å². The highest BCUT2D eigenvalue weighted by Gasteiger charge is 2.26. The van der Waals surface area contributed by atoms with E-state index in [-0.39, 0.29) is 0 Å². The molecule has 0 bridgehead atoms. The predicted molar refractivity (Wildman–Crippen MR) is 74.1 cm³/mol. The molecule has 1 fully saturated rings. The molecule has 1 aromatic carbocycles. The normalized spacial score (nSPS) is 22.9. The summed E-state index contributed by atoms with van der Waals surface area (Å²) in [4.78, 5) is 14.4. The standard InChI is InChI=1S/C16H21NO2/c18-16(17-8-3-10-19-11-9-17)12-14-7-6-13-4-1-2-5-15(13)14/h1-2,4-5,14H,3,6-12H2/t14-/m1/s1. The van der Waals surface area contributed by atoms with Crippen molar-refractivity contribution in [2.75, 3.05) is 26.3 Å². The summed E-state index contributed by atoms with van der Waals surface area (Å²) >= 11 is 0. The maximum absolute atomic E-state index is 12.4. The van der Waals surface area contributed by atoms with Gasteiger partial charge in [0.2, 0.25) is 5.91 Å². The van der Waals surface area contributed by atoms with Crippen LogP contribution >= 0.6 is 0 Å². The second kappa shape index (κ2) is 5.74. The van der Waals surface area contributed by atoms with Crippen molar-refractivity contribution >= 4 is 5.91 Å². The van der Waals surface area contributed by atoms with Gasteiger partial charge in [0, 0.05) is 26.1 Å². The van der Waals surface area contributed by atoms with E-state index < -0.39 is 0 Å². The van der Waals surface area contributed by atoms with Crippen molar-refractivity contribution in [1.29, 1.82) is 0 Å². The Labute approximate surface area is 114 Å². The maximum Gasteiger partial charge on any atom is 0.223 e. The summed E-state index contributed by atoms with van der Waals surface area (Å²) in [5, 5.41) is 0. The summed E-state index contributed by atoms with van der Waals surface area (Å²) < 4.78 is 5.41. The van der Waals surface area contributed by atoms with Crippen LogP contribution in [0, 0.1) is 0 Å². The number of rotatable bonds is 2. The van der Waals surface area contributed by atoms with E-state index in [9.17, 15) is 4.79 Å². The van der Waals surface area contributed by atoms with Gasteiger partial charge in [-0.15, -0.1) is 0 Å². The van der Waals surface area contributed by atoms with Gasteiger partial charge < -0.3 is 9.64 Å². The quantitative estimate of drug-likeness (QED) is 0.816. The average Bonchev–Trinajstić information content (AvgIpc) is 2.66. The second-order valence-corrected chi connectivity index (χ2v) is 5.49. The van der Waals surface area contributed by atoms with Crippen molar-refractivity contribution in [2.45, 2.75) is 31.6 Å². The lowest BCUT2D eigenvalue weighted by Crippen LogP contribution is -2.33. The van der Waals surface area contributed by atoms with Crippen molar-refractivity contribution < 1.29 is 9.53 Å². The SMILES string of the molecule is O=C(C[C@H]1CCc2ccccc21)N1CCCOCC1. The molecule has 2 aliphatic rings. The molecule has 0 aromatic heterocycles. The number of aryl methyl sites for hydroxylation is 1. The van der Waals surface area contributed by atoms with Gasteiger partial charge in [-0.1, -0.05) is 24.3 Å². The van der Waals surface area contributed by atoms with Gasteiger partial charge in [0.1, 0.15) is 0 Å². The lowest BCUT2D eigenvalue weighted by Gasteiger charge is -2.21. The molecule has 0 N–H and O–H groups in total. The summed E-state index contributed by atoms with van der Waals surface area (Å²) in [6.45, 7) is 3.09. The van der Waals surface area contributed by atoms with Crippen molar-refractivity contribution in [3.8, 4) is 0 Å². The number of nitrogens with zero attached hydrogens (tertiary/aromatic N) is 1. The minimum Gasteiger partial charge on any atom is -0.380 e. The molecule has 1 aromatic rings. The van der Waals surface area contributed by atoms with E-state index in [1.165, 1.54) is 11.1 Å². The Kier molecular flexibility index (Phi) is 3.83. The van der Waals surface area contributed by atoms with Crippen LogP contribution < -0.4 is 0 Å². The number of ether oxygens (including phenoxy) is 1. The molecule has 3 rings (SSSR count). The number of carbonyl (C=O) groups is 1. The first-order valence-corrected chi connectivity index (χ1v) is 7.28. The number of benzene rings is 1. The molecule has 0 unspecified atom stereocenters. The maximum atomic E-state index is 12.4. The van der Waals surface area contributed by atoms with E-state index >= 15 is 0 Å². The van der Waals surface area contributed by atoms with Crippen molar-refractivity contribution in [2.24, 2.45) is 0 Å². The van der Waals surface area contributed by atoms with Crippen LogP contribution in [0.25, 0.3) is 0 Å². The molecule has 1 aliphatic carbocycles. The van der Waals surface area contributed by atoms with Crippen LogP contribution in [0.15, 0.2) is 24.3 Å². The fourth-order valence-electron chi connectivity index (χ4n) is 3.19. The van der Waals surface area contributed by atoms with Crippen LogP contribution in [0.3, 0.4) is 0 Å². The highest BCUT2D eigenvalue weighted by molar-refractivity contribution is 5.77. The zero-order valence-electron chi connectivity index (χ0n) is 11.3. The average molecular weight is 259 g/mol. The predicted octanol–water partition coefficient (Wildman–Crippen LogP) is 2.36. The molecule has 1 atom stereocenters. The molecule has 1 heterocycles. The van der Waals surface area contributed by atoms with Crippen molar-refractivity contribution in [3.63, 3.8) is 0 Å². The van der Waals surface area contributed by atoms with Crippen molar-refractivity contribution in [1.82, 2.24) is 4.90 Å². The highest BCUT2D eigenvalue weighted by atomic mass is 16.5. The fourth-order valence-corrected chi connectivity index (χ4v) is 3.19. The van der Waals surface area contributed by atoms with E-state index in [0.29, 0.717) is 24.9 Å². The van der Waals surface area contributed by atoms with Crippen LogP contribution in [0.1, 0.15) is 36.3 Å². The summed E-state index contributed by atoms with van der Waals surface area (Å²) in [5.41, 5.74) is 2.82. The van der Waals surface area contributed by atoms with Gasteiger partial charge in [-0.2, -0.15) is 0 Å². The lowest BCUT2D eigenvalue weighted by molar-refractivity contribution is -0.131. The Balaban J connectivity index is 1.64. The Hall–Kier alpha value is -1.35. The third kappa shape index (κ3) is 2.81. The van der Waals surface area contributed by atoms with E-state index in [1.54, 1.807) is 0 Å². The van der Waals surface area contributed by atoms with E-state index in [4.69, 9.17) is 4.74 Å². The van der Waals surface area contributed by atoms with Crippen LogP contribution in [-0.2, 0) is 16.0 Å². The Morgan fingerprint density at radius 1 is 1.26 bits per heavy atom. The van der Waals surface area contributed by atoms with Gasteiger partial charge in [0.05, 0.1) is 6.61 Å². The number of amides is 1. The molecule has 1 saturated heterocycles. The van der Waals surface area contributed by atoms with E-state index in [0.717, 1.165) is 39.0 Å². The van der Waals surface area contributed by atoms with Crippen LogP contribution in [0.2, 0.25) is 0 Å². The summed E-state index contributed by atoms with van der Waals surface area (Å²) in [6, 6.07) is 8.56. The minimum absolute atomic E-state index is 0.298. The van der Waals surface area contributed by atoms with Gasteiger partial charge in [-0.25, -0.2) is 0 Å². The minimum atomic E-state index is 0.298. The second-order valence-electron chi connectivity index (χ2n) is 5.49. The first-order chi connectivity index (χ1) is 9.34. The molecular weight excluding hydrogens is 238 g/mol. The molecule has 1 aliphatic heterocycles. The molecule has 0 saturated carbocycles. The van der Waals surface area contributed by atoms with Gasteiger partial charge >= 0.3 is 0 Å². The smallest absolute Gasteiger partial charge is 0.223 e. The summed E-state index contributed by atoms with van der Waals surface area (Å²) in [5.74, 6) is 0.722. The van der Waals surface area contributed by atoms with Gasteiger partial charge in [0.25, 0.3) is 0 Å². The first-order valence-electron chi connectivity index (χ1n) is 7.28. The third-order valence-electron chi connectivity index (χ3n) is 4.25. The van der Waals surface area contributed by atoms with Gasteiger partial charge in [-0.05, 0) is 36.3 Å². The van der Waals surface area contributed by atoms with Gasteiger partial charge in [-0.3, -0.25) is 4.79 Å². The Morgan fingerprint density at radius 2 is 2.16 bits per heavy atom. The number of fused-ring (bicyclic) bond motifs is 1. The van der Waals surface area contributed by atoms with Crippen LogP contribution in [0.5, 0.6) is 0 Å². The number of hydrogen-bond acceptors (Lipinski definition) is 2. The zero-order chi connectivity index (χ0) is 13.1. The van der Waals surface area contributed by atoms with E-state index in [1.807, 2.05) is 4.90 Å². The lowest BCUT2D eigenvalue weighted by atomic mass is 9.97. The molecule has 0 radical (unpaired) electrons. The van der Waals surface area contributed by atoms with E-state index in [2.05, 4.69) is 24.3 Å². The van der Waals surface area contributed by atoms with Crippen LogP contribution in [-0.4, -0.2) is 37.1 Å². The van der Waals surface area contributed by atoms with Crippen molar-refractivity contribution in [3.05, 3.63) is 35.4 Å². The molecular formula is C16H21NO2. The first kappa shape index (κ1) is 12.7. The Morgan fingerprint density at radius 3 is 3.11 bits per heavy atom. The molecule has 3 nitrogen and oxygen atoms in total. The topological polar surface area (TPSA) is 29.5 Å². The molecule has 3 heteroatoms. The summed E-state index contributed by atoms with van der Waals surface area (Å²) in [6.07, 6.45) is 3.87. The molecule has 102 valence electrons. The fraction of sp³-hybridized carbons (Fsp3) is 0.562. The molecule has 0 spiro atoms. The molecule has 19 heavy (non-hydrogen) atoms. The summed E-state index contributed by atoms with van der Waals surface area (Å²) in [7, 11) is 0.